The van der Waals surface area contributed by atoms with Gasteiger partial charge in [-0.05, 0) is 50.2 Å². The molecule has 0 aliphatic carbocycles. The smallest absolute Gasteiger partial charge is 0.255 e. The van der Waals surface area contributed by atoms with Crippen LogP contribution in [0, 0.1) is 6.92 Å². The average Bonchev–Trinajstić information content (AvgIpc) is 3.16. The van der Waals surface area contributed by atoms with Crippen molar-refractivity contribution >= 4 is 45.7 Å². The van der Waals surface area contributed by atoms with Crippen LogP contribution in [0.4, 0.5) is 10.8 Å². The molecule has 0 radical (unpaired) electrons. The molecule has 0 fully saturated rings. The fraction of sp³-hybridized carbons (Fsp3) is 0.150. The zero-order valence-electron chi connectivity index (χ0n) is 14.9. The van der Waals surface area contributed by atoms with E-state index in [9.17, 15) is 9.59 Å². The summed E-state index contributed by atoms with van der Waals surface area (Å²) in [5.41, 5.74) is 2.38. The van der Waals surface area contributed by atoms with E-state index in [-0.39, 0.29) is 17.1 Å². The second kappa shape index (κ2) is 8.83. The Hall–Kier alpha value is -2.64. The van der Waals surface area contributed by atoms with Crippen LogP contribution in [0.5, 0.6) is 0 Å². The van der Waals surface area contributed by atoms with Crippen LogP contribution in [0.3, 0.4) is 0 Å². The number of aryl methyl sites for hydroxylation is 1. The van der Waals surface area contributed by atoms with Crippen LogP contribution in [0.1, 0.15) is 22.8 Å². The molecular formula is C20H19N3O2S2. The lowest BCUT2D eigenvalue weighted by Crippen LogP contribution is -2.22. The molecule has 0 saturated heterocycles. The van der Waals surface area contributed by atoms with Crippen LogP contribution < -0.4 is 10.6 Å². The molecule has 0 saturated carbocycles. The Morgan fingerprint density at radius 3 is 2.56 bits per heavy atom. The first-order valence-electron chi connectivity index (χ1n) is 8.36. The number of nitrogens with one attached hydrogen (secondary N) is 2. The predicted molar refractivity (Wildman–Crippen MR) is 112 cm³/mol. The van der Waals surface area contributed by atoms with Gasteiger partial charge in [0.2, 0.25) is 5.91 Å². The van der Waals surface area contributed by atoms with Gasteiger partial charge in [-0.1, -0.05) is 17.7 Å². The molecule has 5 nitrogen and oxygen atoms in total. The molecule has 7 heteroatoms. The van der Waals surface area contributed by atoms with Gasteiger partial charge < -0.3 is 10.6 Å². The number of aromatic nitrogens is 1. The van der Waals surface area contributed by atoms with E-state index in [0.29, 0.717) is 16.4 Å². The Morgan fingerprint density at radius 1 is 1.11 bits per heavy atom. The van der Waals surface area contributed by atoms with Gasteiger partial charge in [-0.25, -0.2) is 4.98 Å². The summed E-state index contributed by atoms with van der Waals surface area (Å²) in [6, 6.07) is 14.9. The zero-order chi connectivity index (χ0) is 19.2. The number of anilines is 2. The number of amides is 2. The molecular weight excluding hydrogens is 378 g/mol. The topological polar surface area (TPSA) is 71.1 Å². The summed E-state index contributed by atoms with van der Waals surface area (Å²) in [6.45, 7) is 3.80. The predicted octanol–water partition coefficient (Wildman–Crippen LogP) is 4.82. The van der Waals surface area contributed by atoms with Crippen molar-refractivity contribution in [3.63, 3.8) is 0 Å². The highest BCUT2D eigenvalue weighted by Gasteiger charge is 2.15. The summed E-state index contributed by atoms with van der Waals surface area (Å²) >= 11 is 2.84. The van der Waals surface area contributed by atoms with Crippen molar-refractivity contribution in [3.8, 4) is 0 Å². The molecule has 138 valence electrons. The Morgan fingerprint density at radius 2 is 1.89 bits per heavy atom. The lowest BCUT2D eigenvalue weighted by Gasteiger charge is -2.11. The third-order valence-electron chi connectivity index (χ3n) is 3.74. The Kier molecular flexibility index (Phi) is 6.26. The Balaban J connectivity index is 1.56. The van der Waals surface area contributed by atoms with E-state index >= 15 is 0 Å². The first-order valence-corrected chi connectivity index (χ1v) is 10.1. The summed E-state index contributed by atoms with van der Waals surface area (Å²) in [7, 11) is 0. The van der Waals surface area contributed by atoms with Crippen molar-refractivity contribution in [1.82, 2.24) is 4.98 Å². The van der Waals surface area contributed by atoms with Gasteiger partial charge >= 0.3 is 0 Å². The molecule has 0 spiro atoms. The summed E-state index contributed by atoms with van der Waals surface area (Å²) in [6.07, 6.45) is 1.65. The maximum atomic E-state index is 12.3. The second-order valence-electron chi connectivity index (χ2n) is 5.93. The third kappa shape index (κ3) is 5.42. The van der Waals surface area contributed by atoms with Crippen molar-refractivity contribution < 1.29 is 9.59 Å². The van der Waals surface area contributed by atoms with E-state index in [1.165, 1.54) is 23.1 Å². The Labute approximate surface area is 166 Å². The number of hydrogen-bond acceptors (Lipinski definition) is 5. The first kappa shape index (κ1) is 19.1. The van der Waals surface area contributed by atoms with E-state index in [1.54, 1.807) is 12.3 Å². The number of carbonyl (C=O) groups is 2. The van der Waals surface area contributed by atoms with Crippen LogP contribution in [-0.2, 0) is 4.79 Å². The largest absolute Gasteiger partial charge is 0.322 e. The van der Waals surface area contributed by atoms with Crippen molar-refractivity contribution in [3.05, 3.63) is 71.2 Å². The standard InChI is InChI=1S/C20H19N3O2S2/c1-13-4-3-5-15(12-13)19(25)22-16-6-8-17(9-7-16)27-14(2)18(24)23-20-21-10-11-26-20/h3-12,14H,1-2H3,(H,22,25)(H,21,23,24). The van der Waals surface area contributed by atoms with Crippen LogP contribution in [-0.4, -0.2) is 22.0 Å². The minimum absolute atomic E-state index is 0.0909. The third-order valence-corrected chi connectivity index (χ3v) is 5.54. The molecule has 2 amide bonds. The van der Waals surface area contributed by atoms with Gasteiger partial charge in [-0.3, -0.25) is 9.59 Å². The SMILES string of the molecule is Cc1cccc(C(=O)Nc2ccc(SC(C)C(=O)Nc3nccs3)cc2)c1. The molecule has 1 unspecified atom stereocenters. The van der Waals surface area contributed by atoms with Gasteiger partial charge in [-0.15, -0.1) is 23.1 Å². The van der Waals surface area contributed by atoms with Crippen molar-refractivity contribution in [2.24, 2.45) is 0 Å². The number of thiazole rings is 1. The van der Waals surface area contributed by atoms with Gasteiger partial charge in [0.25, 0.3) is 5.91 Å². The molecule has 2 N–H and O–H groups in total. The van der Waals surface area contributed by atoms with Crippen LogP contribution in [0.15, 0.2) is 65.0 Å². The van der Waals surface area contributed by atoms with E-state index < -0.39 is 0 Å². The molecule has 0 bridgehead atoms. The van der Waals surface area contributed by atoms with Gasteiger partial charge in [0.15, 0.2) is 5.13 Å². The number of carbonyl (C=O) groups excluding carboxylic acids is 2. The summed E-state index contributed by atoms with van der Waals surface area (Å²) in [5.74, 6) is -0.234. The summed E-state index contributed by atoms with van der Waals surface area (Å²) < 4.78 is 0. The summed E-state index contributed by atoms with van der Waals surface area (Å²) in [5, 5.41) is 7.83. The summed E-state index contributed by atoms with van der Waals surface area (Å²) in [4.78, 5) is 29.5. The van der Waals surface area contributed by atoms with Gasteiger partial charge in [0, 0.05) is 27.7 Å². The molecule has 2 aromatic carbocycles. The van der Waals surface area contributed by atoms with Crippen molar-refractivity contribution in [2.45, 2.75) is 24.0 Å². The van der Waals surface area contributed by atoms with Crippen molar-refractivity contribution in [2.75, 3.05) is 10.6 Å². The minimum Gasteiger partial charge on any atom is -0.322 e. The molecule has 3 aromatic rings. The number of rotatable bonds is 6. The molecule has 1 heterocycles. The lowest BCUT2D eigenvalue weighted by atomic mass is 10.1. The molecule has 0 aliphatic heterocycles. The fourth-order valence-corrected chi connectivity index (χ4v) is 3.76. The van der Waals surface area contributed by atoms with Gasteiger partial charge in [0.05, 0.1) is 5.25 Å². The maximum Gasteiger partial charge on any atom is 0.255 e. The molecule has 3 rings (SSSR count). The highest BCUT2D eigenvalue weighted by molar-refractivity contribution is 8.00. The zero-order valence-corrected chi connectivity index (χ0v) is 16.6. The Bertz CT molecular complexity index is 925. The van der Waals surface area contributed by atoms with Crippen molar-refractivity contribution in [1.29, 1.82) is 0 Å². The molecule has 1 atom stereocenters. The second-order valence-corrected chi connectivity index (χ2v) is 8.24. The monoisotopic (exact) mass is 397 g/mol. The number of thioether (sulfide) groups is 1. The van der Waals surface area contributed by atoms with E-state index in [4.69, 9.17) is 0 Å². The molecule has 1 aromatic heterocycles. The minimum atomic E-state index is -0.262. The normalized spacial score (nSPS) is 11.6. The number of hydrogen-bond donors (Lipinski definition) is 2. The molecule has 27 heavy (non-hydrogen) atoms. The van der Waals surface area contributed by atoms with Crippen LogP contribution in [0.2, 0.25) is 0 Å². The van der Waals surface area contributed by atoms with Crippen LogP contribution in [0.25, 0.3) is 0 Å². The number of benzene rings is 2. The lowest BCUT2D eigenvalue weighted by molar-refractivity contribution is -0.115. The molecule has 0 aliphatic rings. The van der Waals surface area contributed by atoms with E-state index in [2.05, 4.69) is 15.6 Å². The number of nitrogens with zero attached hydrogens (tertiary/aromatic N) is 1. The maximum absolute atomic E-state index is 12.3. The highest BCUT2D eigenvalue weighted by atomic mass is 32.2. The van der Waals surface area contributed by atoms with Gasteiger partial charge in [-0.2, -0.15) is 0 Å². The average molecular weight is 398 g/mol. The quantitative estimate of drug-likeness (QED) is 0.585. The van der Waals surface area contributed by atoms with Gasteiger partial charge in [0.1, 0.15) is 0 Å². The highest BCUT2D eigenvalue weighted by Crippen LogP contribution is 2.26. The van der Waals surface area contributed by atoms with E-state index in [1.807, 2.05) is 61.7 Å². The van der Waals surface area contributed by atoms with Crippen LogP contribution >= 0.6 is 23.1 Å². The van der Waals surface area contributed by atoms with E-state index in [0.717, 1.165) is 10.5 Å². The first-order chi connectivity index (χ1) is 13.0. The fourth-order valence-electron chi connectivity index (χ4n) is 2.36.